The van der Waals surface area contributed by atoms with E-state index in [4.69, 9.17) is 0 Å². The first-order valence-corrected chi connectivity index (χ1v) is 8.59. The molecule has 1 rings (SSSR count). The summed E-state index contributed by atoms with van der Waals surface area (Å²) in [4.78, 5) is 0. The van der Waals surface area contributed by atoms with E-state index in [9.17, 15) is 0 Å². The minimum atomic E-state index is -0.676. The second-order valence-electron chi connectivity index (χ2n) is 5.34. The Morgan fingerprint density at radius 1 is 1.00 bits per heavy atom. The fraction of sp³-hybridized carbons (Fsp3) is 0.538. The third kappa shape index (κ3) is 3.80. The van der Waals surface area contributed by atoms with Gasteiger partial charge >= 0.3 is 0 Å². The van der Waals surface area contributed by atoms with Crippen molar-refractivity contribution in [2.24, 2.45) is 0 Å². The number of hydrogen-bond donors (Lipinski definition) is 0. The molecule has 0 aliphatic rings. The molecule has 0 fully saturated rings. The Morgan fingerprint density at radius 2 is 1.50 bits per heavy atom. The summed E-state index contributed by atoms with van der Waals surface area (Å²) in [6, 6.07) is 9.13. The van der Waals surface area contributed by atoms with Crippen molar-refractivity contribution in [1.29, 1.82) is 0 Å². The molecule has 1 aromatic rings. The summed E-state index contributed by atoms with van der Waals surface area (Å²) < 4.78 is 0. The van der Waals surface area contributed by atoms with Gasteiger partial charge in [0.1, 0.15) is 0 Å². The predicted molar refractivity (Wildman–Crippen MR) is 68.9 cm³/mol. The zero-order chi connectivity index (χ0) is 10.8. The van der Waals surface area contributed by atoms with Gasteiger partial charge in [0.15, 0.2) is 0 Å². The third-order valence-corrected chi connectivity index (χ3v) is 3.62. The maximum absolute atomic E-state index is 2.39. The monoisotopic (exact) mass is 209 g/mol. The van der Waals surface area contributed by atoms with E-state index in [0.717, 1.165) is 0 Å². The molecular weight excluding hydrogens is 187 g/mol. The fourth-order valence-corrected chi connectivity index (χ4v) is 2.86. The molecule has 0 aromatic heterocycles. The molecular formula is C13H22P+. The molecule has 0 saturated heterocycles. The van der Waals surface area contributed by atoms with Crippen molar-refractivity contribution >= 4 is 7.26 Å². The van der Waals surface area contributed by atoms with E-state index in [1.807, 2.05) is 0 Å². The standard InChI is InChI=1S/C13H22P/c1-11(2)13-8-6-12(7-9-13)10-14(3,4)5/h6-9,11H,10H2,1-5H3/q+1. The zero-order valence-corrected chi connectivity index (χ0v) is 10.9. The van der Waals surface area contributed by atoms with Crippen LogP contribution < -0.4 is 0 Å². The Labute approximate surface area is 89.1 Å². The molecule has 0 atom stereocenters. The van der Waals surface area contributed by atoms with Gasteiger partial charge < -0.3 is 0 Å². The van der Waals surface area contributed by atoms with Gasteiger partial charge in [0.25, 0.3) is 0 Å². The molecule has 0 radical (unpaired) electrons. The lowest BCUT2D eigenvalue weighted by atomic mass is 10.0. The molecule has 0 heterocycles. The Kier molecular flexibility index (Phi) is 3.72. The smallest absolute Gasteiger partial charge is 0.0587 e. The van der Waals surface area contributed by atoms with Gasteiger partial charge in [-0.3, -0.25) is 0 Å². The minimum absolute atomic E-state index is 0.647. The molecule has 0 N–H and O–H groups in total. The quantitative estimate of drug-likeness (QED) is 0.654. The van der Waals surface area contributed by atoms with Gasteiger partial charge in [-0.1, -0.05) is 38.1 Å². The van der Waals surface area contributed by atoms with Crippen LogP contribution in [0, 0.1) is 0 Å². The molecule has 0 nitrogen and oxygen atoms in total. The molecule has 1 aromatic carbocycles. The predicted octanol–water partition coefficient (Wildman–Crippen LogP) is 4.22. The van der Waals surface area contributed by atoms with E-state index in [0.29, 0.717) is 5.92 Å². The van der Waals surface area contributed by atoms with Crippen LogP contribution in [0.2, 0.25) is 0 Å². The van der Waals surface area contributed by atoms with E-state index in [-0.39, 0.29) is 0 Å². The van der Waals surface area contributed by atoms with Gasteiger partial charge in [0.2, 0.25) is 0 Å². The third-order valence-electron chi connectivity index (χ3n) is 2.30. The Bertz CT molecular complexity index is 277. The van der Waals surface area contributed by atoms with Crippen LogP contribution in [-0.4, -0.2) is 20.0 Å². The summed E-state index contributed by atoms with van der Waals surface area (Å²) in [5.41, 5.74) is 2.94. The van der Waals surface area contributed by atoms with Crippen molar-refractivity contribution in [3.8, 4) is 0 Å². The summed E-state index contributed by atoms with van der Waals surface area (Å²) >= 11 is 0. The molecule has 0 spiro atoms. The first-order chi connectivity index (χ1) is 6.38. The van der Waals surface area contributed by atoms with Crippen LogP contribution in [0.3, 0.4) is 0 Å². The van der Waals surface area contributed by atoms with Crippen LogP contribution in [0.1, 0.15) is 30.9 Å². The van der Waals surface area contributed by atoms with Crippen molar-refractivity contribution in [3.63, 3.8) is 0 Å². The van der Waals surface area contributed by atoms with E-state index < -0.39 is 7.26 Å². The lowest BCUT2D eigenvalue weighted by Crippen LogP contribution is -1.93. The van der Waals surface area contributed by atoms with Crippen molar-refractivity contribution in [1.82, 2.24) is 0 Å². The summed E-state index contributed by atoms with van der Waals surface area (Å²) in [6.07, 6.45) is 1.27. The average molecular weight is 209 g/mol. The molecule has 1 heteroatoms. The molecule has 0 aliphatic heterocycles. The molecule has 0 amide bonds. The maximum Gasteiger partial charge on any atom is 0.0834 e. The van der Waals surface area contributed by atoms with Crippen LogP contribution >= 0.6 is 7.26 Å². The largest absolute Gasteiger partial charge is 0.0834 e. The Morgan fingerprint density at radius 3 is 1.86 bits per heavy atom. The first kappa shape index (κ1) is 11.7. The summed E-state index contributed by atoms with van der Waals surface area (Å²) in [7, 11) is -0.676. The van der Waals surface area contributed by atoms with Gasteiger partial charge in [0, 0.05) is 27.3 Å². The SMILES string of the molecule is CC(C)c1ccc(C[P+](C)(C)C)cc1. The second-order valence-corrected chi connectivity index (χ2v) is 10.2. The van der Waals surface area contributed by atoms with Gasteiger partial charge in [-0.2, -0.15) is 0 Å². The van der Waals surface area contributed by atoms with Gasteiger partial charge in [-0.25, -0.2) is 0 Å². The first-order valence-electron chi connectivity index (χ1n) is 5.28. The van der Waals surface area contributed by atoms with Gasteiger partial charge in [0.05, 0.1) is 6.16 Å². The molecule has 78 valence electrons. The topological polar surface area (TPSA) is 0 Å². The Hall–Kier alpha value is -0.350. The summed E-state index contributed by atoms with van der Waals surface area (Å²) in [5, 5.41) is 0. The highest BCUT2D eigenvalue weighted by Gasteiger charge is 2.17. The zero-order valence-electron chi connectivity index (χ0n) is 10.0. The van der Waals surface area contributed by atoms with E-state index in [1.54, 1.807) is 0 Å². The van der Waals surface area contributed by atoms with Crippen LogP contribution in [-0.2, 0) is 6.16 Å². The van der Waals surface area contributed by atoms with Gasteiger partial charge in [-0.15, -0.1) is 0 Å². The lowest BCUT2D eigenvalue weighted by Gasteiger charge is -2.12. The van der Waals surface area contributed by atoms with Crippen molar-refractivity contribution in [2.75, 3.05) is 20.0 Å². The molecule has 0 bridgehead atoms. The van der Waals surface area contributed by atoms with Crippen LogP contribution in [0.25, 0.3) is 0 Å². The Balaban J connectivity index is 2.74. The average Bonchev–Trinajstić information content (AvgIpc) is 2.02. The highest BCUT2D eigenvalue weighted by molar-refractivity contribution is 7.72. The maximum atomic E-state index is 2.39. The molecule has 0 aliphatic carbocycles. The summed E-state index contributed by atoms with van der Waals surface area (Å²) in [5.74, 6) is 0.647. The van der Waals surface area contributed by atoms with Gasteiger partial charge in [-0.05, 0) is 17.0 Å². The van der Waals surface area contributed by atoms with Crippen molar-refractivity contribution in [3.05, 3.63) is 35.4 Å². The van der Waals surface area contributed by atoms with E-state index in [2.05, 4.69) is 58.1 Å². The van der Waals surface area contributed by atoms with Crippen LogP contribution in [0.4, 0.5) is 0 Å². The highest BCUT2D eigenvalue weighted by atomic mass is 31.2. The molecule has 14 heavy (non-hydrogen) atoms. The number of benzene rings is 1. The van der Waals surface area contributed by atoms with E-state index >= 15 is 0 Å². The summed E-state index contributed by atoms with van der Waals surface area (Å²) in [6.45, 7) is 11.7. The van der Waals surface area contributed by atoms with Crippen LogP contribution in [0.15, 0.2) is 24.3 Å². The normalized spacial score (nSPS) is 12.1. The second kappa shape index (κ2) is 4.45. The number of rotatable bonds is 3. The van der Waals surface area contributed by atoms with Crippen LogP contribution in [0.5, 0.6) is 0 Å². The lowest BCUT2D eigenvalue weighted by molar-refractivity contribution is 0.866. The fourth-order valence-electron chi connectivity index (χ4n) is 1.56. The minimum Gasteiger partial charge on any atom is -0.0587 e. The number of hydrogen-bond acceptors (Lipinski definition) is 0. The van der Waals surface area contributed by atoms with E-state index in [1.165, 1.54) is 17.3 Å². The molecule has 0 unspecified atom stereocenters. The van der Waals surface area contributed by atoms with Crippen molar-refractivity contribution < 1.29 is 0 Å². The molecule has 0 saturated carbocycles. The van der Waals surface area contributed by atoms with Crippen molar-refractivity contribution in [2.45, 2.75) is 25.9 Å². The highest BCUT2D eigenvalue weighted by Crippen LogP contribution is 2.49.